The van der Waals surface area contributed by atoms with Crippen molar-refractivity contribution in [1.82, 2.24) is 5.32 Å². The lowest BCUT2D eigenvalue weighted by molar-refractivity contribution is 0.402. The van der Waals surface area contributed by atoms with Crippen molar-refractivity contribution in [1.29, 1.82) is 0 Å². The fraction of sp³-hybridized carbons (Fsp3) is 0.286. The van der Waals surface area contributed by atoms with E-state index in [1.54, 1.807) is 6.26 Å². The van der Waals surface area contributed by atoms with Crippen molar-refractivity contribution in [3.63, 3.8) is 0 Å². The third kappa shape index (κ3) is 3.25. The lowest BCUT2D eigenvalue weighted by Crippen LogP contribution is -2.22. The van der Waals surface area contributed by atoms with Gasteiger partial charge in [0.05, 0.1) is 12.3 Å². The molecule has 0 bridgehead atoms. The molecule has 18 heavy (non-hydrogen) atoms. The summed E-state index contributed by atoms with van der Waals surface area (Å²) < 4.78 is 7.57. The second-order valence-electron chi connectivity index (χ2n) is 4.29. The Balaban J connectivity index is 2.10. The van der Waals surface area contributed by atoms with Crippen molar-refractivity contribution >= 4 is 31.9 Å². The van der Waals surface area contributed by atoms with Crippen molar-refractivity contribution in [2.45, 2.75) is 25.9 Å². The molecule has 0 fully saturated rings. The minimum Gasteiger partial charge on any atom is -0.468 e. The van der Waals surface area contributed by atoms with Crippen LogP contribution in [0.1, 0.15) is 37.3 Å². The highest BCUT2D eigenvalue weighted by atomic mass is 79.9. The van der Waals surface area contributed by atoms with Crippen LogP contribution in [0.15, 0.2) is 50.0 Å². The number of hydrogen-bond donors (Lipinski definition) is 1. The molecule has 0 saturated carbocycles. The molecular formula is C14H15Br2NO. The summed E-state index contributed by atoms with van der Waals surface area (Å²) in [5.41, 5.74) is 1.23. The first-order valence-electron chi connectivity index (χ1n) is 5.82. The van der Waals surface area contributed by atoms with Crippen LogP contribution < -0.4 is 5.32 Å². The Morgan fingerprint density at radius 3 is 2.50 bits per heavy atom. The molecule has 0 aliphatic rings. The topological polar surface area (TPSA) is 25.2 Å². The third-order valence-corrected chi connectivity index (χ3v) is 4.08. The quantitative estimate of drug-likeness (QED) is 0.796. The third-order valence-electron chi connectivity index (χ3n) is 2.90. The largest absolute Gasteiger partial charge is 0.468 e. The van der Waals surface area contributed by atoms with Crippen LogP contribution in [-0.4, -0.2) is 0 Å². The molecule has 1 aromatic carbocycles. The van der Waals surface area contributed by atoms with Gasteiger partial charge in [-0.2, -0.15) is 0 Å². The second-order valence-corrected chi connectivity index (χ2v) is 6.06. The van der Waals surface area contributed by atoms with Crippen LogP contribution in [0.5, 0.6) is 0 Å². The molecule has 0 radical (unpaired) electrons. The first-order valence-corrected chi connectivity index (χ1v) is 7.41. The monoisotopic (exact) mass is 371 g/mol. The normalized spacial score (nSPS) is 14.4. The summed E-state index contributed by atoms with van der Waals surface area (Å²) in [6.45, 7) is 4.25. The zero-order valence-corrected chi connectivity index (χ0v) is 13.5. The van der Waals surface area contributed by atoms with E-state index in [0.717, 1.165) is 14.7 Å². The minimum atomic E-state index is 0.186. The summed E-state index contributed by atoms with van der Waals surface area (Å²) in [7, 11) is 0. The predicted octanol–water partition coefficient (Wildman–Crippen LogP) is 5.22. The van der Waals surface area contributed by atoms with Gasteiger partial charge >= 0.3 is 0 Å². The SMILES string of the molecule is CC(N[C@H](C)c1ccco1)c1ccc(Br)cc1Br. The Morgan fingerprint density at radius 1 is 1.11 bits per heavy atom. The first-order chi connectivity index (χ1) is 8.58. The molecule has 96 valence electrons. The Hall–Kier alpha value is -0.580. The van der Waals surface area contributed by atoms with E-state index in [-0.39, 0.29) is 12.1 Å². The molecule has 1 heterocycles. The van der Waals surface area contributed by atoms with Gasteiger partial charge in [0.25, 0.3) is 0 Å². The first kappa shape index (κ1) is 13.8. The summed E-state index contributed by atoms with van der Waals surface area (Å²) in [5, 5.41) is 3.52. The highest BCUT2D eigenvalue weighted by molar-refractivity contribution is 9.11. The molecule has 1 unspecified atom stereocenters. The van der Waals surface area contributed by atoms with Crippen LogP contribution in [0.2, 0.25) is 0 Å². The molecule has 2 aromatic rings. The van der Waals surface area contributed by atoms with Crippen LogP contribution in [0, 0.1) is 0 Å². The van der Waals surface area contributed by atoms with Crippen molar-refractivity contribution in [3.8, 4) is 0 Å². The summed E-state index contributed by atoms with van der Waals surface area (Å²) in [5.74, 6) is 0.954. The maximum Gasteiger partial charge on any atom is 0.120 e. The van der Waals surface area contributed by atoms with Crippen LogP contribution in [-0.2, 0) is 0 Å². The zero-order chi connectivity index (χ0) is 13.1. The van der Waals surface area contributed by atoms with Gasteiger partial charge in [-0.25, -0.2) is 0 Å². The molecule has 1 aromatic heterocycles. The summed E-state index contributed by atoms with van der Waals surface area (Å²) in [6, 6.07) is 10.6. The average Bonchev–Trinajstić information content (AvgIpc) is 2.81. The molecule has 0 saturated heterocycles. The lowest BCUT2D eigenvalue weighted by atomic mass is 10.1. The van der Waals surface area contributed by atoms with Crippen LogP contribution in [0.25, 0.3) is 0 Å². The van der Waals surface area contributed by atoms with Gasteiger partial charge in [-0.1, -0.05) is 37.9 Å². The molecule has 0 aliphatic carbocycles. The second kappa shape index (κ2) is 6.04. The molecule has 1 N–H and O–H groups in total. The molecular weight excluding hydrogens is 358 g/mol. The number of hydrogen-bond acceptors (Lipinski definition) is 2. The van der Waals surface area contributed by atoms with E-state index in [4.69, 9.17) is 4.42 Å². The smallest absolute Gasteiger partial charge is 0.120 e. The molecule has 4 heteroatoms. The number of halogens is 2. The van der Waals surface area contributed by atoms with E-state index < -0.39 is 0 Å². The van der Waals surface area contributed by atoms with E-state index in [1.807, 2.05) is 12.1 Å². The van der Waals surface area contributed by atoms with E-state index in [9.17, 15) is 0 Å². The van der Waals surface area contributed by atoms with Crippen LogP contribution in [0.3, 0.4) is 0 Å². The fourth-order valence-corrected chi connectivity index (χ4v) is 3.33. The molecule has 0 aliphatic heterocycles. The van der Waals surface area contributed by atoms with Gasteiger partial charge in [-0.3, -0.25) is 0 Å². The van der Waals surface area contributed by atoms with Crippen LogP contribution in [0.4, 0.5) is 0 Å². The maximum absolute atomic E-state index is 5.40. The lowest BCUT2D eigenvalue weighted by Gasteiger charge is -2.20. The Morgan fingerprint density at radius 2 is 1.89 bits per heavy atom. The van der Waals surface area contributed by atoms with Gasteiger partial charge in [-0.05, 0) is 43.7 Å². The van der Waals surface area contributed by atoms with E-state index in [0.29, 0.717) is 0 Å². The van der Waals surface area contributed by atoms with E-state index in [2.05, 4.69) is 69.2 Å². The van der Waals surface area contributed by atoms with E-state index >= 15 is 0 Å². The predicted molar refractivity (Wildman–Crippen MR) is 80.5 cm³/mol. The van der Waals surface area contributed by atoms with E-state index in [1.165, 1.54) is 5.56 Å². The van der Waals surface area contributed by atoms with Crippen LogP contribution >= 0.6 is 31.9 Å². The Bertz CT molecular complexity index is 511. The highest BCUT2D eigenvalue weighted by Crippen LogP contribution is 2.28. The van der Waals surface area contributed by atoms with Gasteiger partial charge in [0.1, 0.15) is 5.76 Å². The fourth-order valence-electron chi connectivity index (χ4n) is 1.94. The number of nitrogens with one attached hydrogen (secondary N) is 1. The number of benzene rings is 1. The van der Waals surface area contributed by atoms with Crippen molar-refractivity contribution < 1.29 is 4.42 Å². The Labute approximate surface area is 124 Å². The van der Waals surface area contributed by atoms with Gasteiger partial charge in [0, 0.05) is 15.0 Å². The van der Waals surface area contributed by atoms with Gasteiger partial charge in [0.2, 0.25) is 0 Å². The summed E-state index contributed by atoms with van der Waals surface area (Å²) >= 11 is 7.06. The van der Waals surface area contributed by atoms with Crippen molar-refractivity contribution in [2.24, 2.45) is 0 Å². The zero-order valence-electron chi connectivity index (χ0n) is 10.3. The van der Waals surface area contributed by atoms with Gasteiger partial charge in [-0.15, -0.1) is 0 Å². The Kier molecular flexibility index (Phi) is 4.65. The molecule has 2 atom stereocenters. The van der Waals surface area contributed by atoms with Crippen molar-refractivity contribution in [2.75, 3.05) is 0 Å². The summed E-state index contributed by atoms with van der Waals surface area (Å²) in [6.07, 6.45) is 1.70. The average molecular weight is 373 g/mol. The maximum atomic E-state index is 5.40. The number of furan rings is 1. The molecule has 0 amide bonds. The highest BCUT2D eigenvalue weighted by Gasteiger charge is 2.15. The molecule has 2 rings (SSSR count). The van der Waals surface area contributed by atoms with Crippen molar-refractivity contribution in [3.05, 3.63) is 56.9 Å². The van der Waals surface area contributed by atoms with Gasteiger partial charge < -0.3 is 9.73 Å². The standard InChI is InChI=1S/C14H15Br2NO/c1-9(12-6-5-11(15)8-13(12)16)17-10(2)14-4-3-7-18-14/h3-10,17H,1-2H3/t9?,10-/m1/s1. The summed E-state index contributed by atoms with van der Waals surface area (Å²) in [4.78, 5) is 0. The van der Waals surface area contributed by atoms with Gasteiger partial charge in [0.15, 0.2) is 0 Å². The number of rotatable bonds is 4. The molecule has 0 spiro atoms. The molecule has 2 nitrogen and oxygen atoms in total. The minimum absolute atomic E-state index is 0.186.